The quantitative estimate of drug-likeness (QED) is 0.811. The highest BCUT2D eigenvalue weighted by molar-refractivity contribution is 7.92. The third-order valence-electron chi connectivity index (χ3n) is 3.72. The van der Waals surface area contributed by atoms with E-state index in [1.54, 1.807) is 6.92 Å². The van der Waals surface area contributed by atoms with Crippen LogP contribution in [-0.4, -0.2) is 45.2 Å². The van der Waals surface area contributed by atoms with E-state index in [0.717, 1.165) is 16.4 Å². The van der Waals surface area contributed by atoms with E-state index in [9.17, 15) is 30.0 Å². The van der Waals surface area contributed by atoms with Crippen molar-refractivity contribution in [3.05, 3.63) is 29.8 Å². The highest BCUT2D eigenvalue weighted by Crippen LogP contribution is 2.31. The molecule has 1 saturated heterocycles. The van der Waals surface area contributed by atoms with E-state index < -0.39 is 37.6 Å². The number of hydrogen-bond acceptors (Lipinski definition) is 4. The lowest BCUT2D eigenvalue weighted by Gasteiger charge is -2.26. The molecule has 1 aromatic carbocycles. The molecule has 0 spiro atoms. The number of sulfonamides is 1. The summed E-state index contributed by atoms with van der Waals surface area (Å²) in [6, 6.07) is 2.50. The summed E-state index contributed by atoms with van der Waals surface area (Å²) in [6.07, 6.45) is -4.36. The van der Waals surface area contributed by atoms with Crippen molar-refractivity contribution < 1.29 is 30.0 Å². The van der Waals surface area contributed by atoms with Gasteiger partial charge < -0.3 is 0 Å². The van der Waals surface area contributed by atoms with E-state index in [1.807, 2.05) is 0 Å². The Kier molecular flexibility index (Phi) is 4.80. The van der Waals surface area contributed by atoms with Crippen LogP contribution >= 0.6 is 0 Å². The van der Waals surface area contributed by atoms with Crippen LogP contribution in [0.1, 0.15) is 18.9 Å². The lowest BCUT2D eigenvalue weighted by molar-refractivity contribution is -0.137. The summed E-state index contributed by atoms with van der Waals surface area (Å²) in [4.78, 5) is -0.281. The van der Waals surface area contributed by atoms with Crippen LogP contribution in [0.5, 0.6) is 0 Å². The minimum atomic E-state index is -4.55. The number of benzene rings is 1. The van der Waals surface area contributed by atoms with Crippen LogP contribution in [0.4, 0.5) is 13.2 Å². The Morgan fingerprint density at radius 2 is 1.78 bits per heavy atom. The normalized spacial score (nSPS) is 21.7. The predicted molar refractivity (Wildman–Crippen MR) is 78.1 cm³/mol. The maximum Gasteiger partial charge on any atom is 0.416 e. The van der Waals surface area contributed by atoms with Crippen molar-refractivity contribution in [1.29, 1.82) is 0 Å². The minimum absolute atomic E-state index is 0.0452. The Morgan fingerprint density at radius 1 is 1.22 bits per heavy atom. The lowest BCUT2D eigenvalue weighted by atomic mass is 10.2. The summed E-state index contributed by atoms with van der Waals surface area (Å²) in [7, 11) is -7.32. The molecule has 10 heteroatoms. The molecule has 0 aromatic heterocycles. The lowest BCUT2D eigenvalue weighted by Crippen LogP contribution is -2.40. The van der Waals surface area contributed by atoms with Crippen molar-refractivity contribution in [3.8, 4) is 0 Å². The number of alkyl halides is 3. The van der Waals surface area contributed by atoms with E-state index in [2.05, 4.69) is 0 Å². The van der Waals surface area contributed by atoms with Crippen LogP contribution < -0.4 is 0 Å². The third kappa shape index (κ3) is 3.86. The highest BCUT2D eigenvalue weighted by Gasteiger charge is 2.38. The molecule has 0 N–H and O–H groups in total. The number of rotatable bonds is 4. The van der Waals surface area contributed by atoms with Gasteiger partial charge in [0, 0.05) is 12.6 Å². The summed E-state index contributed by atoms with van der Waals surface area (Å²) in [6.45, 7) is 1.61. The van der Waals surface area contributed by atoms with E-state index in [0.29, 0.717) is 12.1 Å². The van der Waals surface area contributed by atoms with E-state index in [-0.39, 0.29) is 29.4 Å². The largest absolute Gasteiger partial charge is 0.416 e. The van der Waals surface area contributed by atoms with Crippen molar-refractivity contribution in [3.63, 3.8) is 0 Å². The van der Waals surface area contributed by atoms with Gasteiger partial charge in [-0.15, -0.1) is 0 Å². The van der Waals surface area contributed by atoms with Crippen LogP contribution in [-0.2, 0) is 26.0 Å². The molecule has 2 rings (SSSR count). The number of halogens is 3. The average Bonchev–Trinajstić information content (AvgIpc) is 2.78. The predicted octanol–water partition coefficient (Wildman–Crippen LogP) is 1.90. The number of hydrogen-bond donors (Lipinski definition) is 0. The van der Waals surface area contributed by atoms with Gasteiger partial charge in [0.05, 0.1) is 22.0 Å². The Labute approximate surface area is 133 Å². The molecule has 0 radical (unpaired) electrons. The standard InChI is InChI=1S/C13H16F3NO4S2/c1-2-17(11-7-8-22(18,19)9-11)23(20,21)12-5-3-10(4-6-12)13(14,15)16/h3-6,11H,2,7-9H2,1H3/t11-/m0/s1. The summed E-state index contributed by atoms with van der Waals surface area (Å²) in [5.41, 5.74) is -0.942. The van der Waals surface area contributed by atoms with Gasteiger partial charge in [-0.1, -0.05) is 6.92 Å². The fourth-order valence-electron chi connectivity index (χ4n) is 2.58. The highest BCUT2D eigenvalue weighted by atomic mass is 32.2. The molecule has 0 saturated carbocycles. The first-order chi connectivity index (χ1) is 10.5. The molecule has 1 aromatic rings. The molecular formula is C13H16F3NO4S2. The fourth-order valence-corrected chi connectivity index (χ4v) is 6.07. The molecule has 23 heavy (non-hydrogen) atoms. The van der Waals surface area contributed by atoms with Gasteiger partial charge in [-0.3, -0.25) is 0 Å². The molecule has 1 fully saturated rings. The van der Waals surface area contributed by atoms with Gasteiger partial charge in [-0.25, -0.2) is 16.8 Å². The Bertz CT molecular complexity index is 770. The molecule has 0 bridgehead atoms. The second kappa shape index (κ2) is 6.06. The zero-order valence-electron chi connectivity index (χ0n) is 12.2. The summed E-state index contributed by atoms with van der Waals surface area (Å²) in [5.74, 6) is -0.350. The summed E-state index contributed by atoms with van der Waals surface area (Å²) in [5, 5.41) is 0. The van der Waals surface area contributed by atoms with Crippen LogP contribution in [0.3, 0.4) is 0 Å². The smallest absolute Gasteiger partial charge is 0.229 e. The van der Waals surface area contributed by atoms with Crippen LogP contribution in [0, 0.1) is 0 Å². The van der Waals surface area contributed by atoms with Crippen LogP contribution in [0.25, 0.3) is 0 Å². The molecular weight excluding hydrogens is 355 g/mol. The molecule has 1 aliphatic heterocycles. The third-order valence-corrected chi connectivity index (χ3v) is 7.51. The van der Waals surface area contributed by atoms with Gasteiger partial charge >= 0.3 is 6.18 Å². The molecule has 0 unspecified atom stereocenters. The first-order valence-corrected chi connectivity index (χ1v) is 10.1. The van der Waals surface area contributed by atoms with E-state index >= 15 is 0 Å². The van der Waals surface area contributed by atoms with Gasteiger partial charge in [0.15, 0.2) is 9.84 Å². The molecule has 1 atom stereocenters. The number of nitrogens with zero attached hydrogens (tertiary/aromatic N) is 1. The van der Waals surface area contributed by atoms with Gasteiger partial charge in [-0.05, 0) is 30.7 Å². The van der Waals surface area contributed by atoms with Crippen LogP contribution in [0.15, 0.2) is 29.2 Å². The summed E-state index contributed by atoms with van der Waals surface area (Å²) >= 11 is 0. The van der Waals surface area contributed by atoms with Crippen molar-refractivity contribution in [2.45, 2.75) is 30.5 Å². The first-order valence-electron chi connectivity index (χ1n) is 6.87. The SMILES string of the molecule is CCN([C@H]1CCS(=O)(=O)C1)S(=O)(=O)c1ccc(C(F)(F)F)cc1. The zero-order valence-corrected chi connectivity index (χ0v) is 13.9. The number of sulfone groups is 1. The topological polar surface area (TPSA) is 71.5 Å². The monoisotopic (exact) mass is 371 g/mol. The van der Waals surface area contributed by atoms with Gasteiger partial charge in [0.1, 0.15) is 0 Å². The second-order valence-electron chi connectivity index (χ2n) is 5.29. The Hall–Kier alpha value is -1.13. The molecule has 0 amide bonds. The fraction of sp³-hybridized carbons (Fsp3) is 0.538. The molecule has 1 aliphatic rings. The van der Waals surface area contributed by atoms with Gasteiger partial charge in [0.25, 0.3) is 0 Å². The maximum absolute atomic E-state index is 12.6. The van der Waals surface area contributed by atoms with E-state index in [4.69, 9.17) is 0 Å². The van der Waals surface area contributed by atoms with Crippen molar-refractivity contribution in [2.24, 2.45) is 0 Å². The molecule has 1 heterocycles. The maximum atomic E-state index is 12.6. The first kappa shape index (κ1) is 18.2. The van der Waals surface area contributed by atoms with Crippen LogP contribution in [0.2, 0.25) is 0 Å². The minimum Gasteiger partial charge on any atom is -0.229 e. The zero-order chi connectivity index (χ0) is 17.5. The Morgan fingerprint density at radius 3 is 2.17 bits per heavy atom. The molecule has 130 valence electrons. The van der Waals surface area contributed by atoms with Crippen molar-refractivity contribution >= 4 is 19.9 Å². The molecule has 5 nitrogen and oxygen atoms in total. The summed E-state index contributed by atoms with van der Waals surface area (Å²) < 4.78 is 86.9. The van der Waals surface area contributed by atoms with Gasteiger partial charge in [0.2, 0.25) is 10.0 Å². The van der Waals surface area contributed by atoms with Crippen molar-refractivity contribution in [1.82, 2.24) is 4.31 Å². The second-order valence-corrected chi connectivity index (χ2v) is 9.41. The van der Waals surface area contributed by atoms with E-state index in [1.165, 1.54) is 0 Å². The van der Waals surface area contributed by atoms with Crippen molar-refractivity contribution in [2.75, 3.05) is 18.1 Å². The average molecular weight is 371 g/mol. The molecule has 0 aliphatic carbocycles. The van der Waals surface area contributed by atoms with Gasteiger partial charge in [-0.2, -0.15) is 17.5 Å². The Balaban J connectivity index is 2.32.